The molecule has 29 heavy (non-hydrogen) atoms. The molecule has 1 fully saturated rings. The van der Waals surface area contributed by atoms with Gasteiger partial charge in [-0.1, -0.05) is 12.1 Å². The van der Waals surface area contributed by atoms with Gasteiger partial charge in [-0.05, 0) is 62.3 Å². The zero-order valence-corrected chi connectivity index (χ0v) is 18.4. The van der Waals surface area contributed by atoms with Crippen LogP contribution in [0.15, 0.2) is 23.1 Å². The highest BCUT2D eigenvalue weighted by molar-refractivity contribution is 7.93. The van der Waals surface area contributed by atoms with E-state index in [1.54, 1.807) is 17.9 Å². The van der Waals surface area contributed by atoms with Gasteiger partial charge in [-0.3, -0.25) is 9.52 Å². The summed E-state index contributed by atoms with van der Waals surface area (Å²) >= 11 is 1.42. The Labute approximate surface area is 175 Å². The van der Waals surface area contributed by atoms with Crippen molar-refractivity contribution in [1.29, 1.82) is 0 Å². The summed E-state index contributed by atoms with van der Waals surface area (Å²) < 4.78 is 34.5. The van der Waals surface area contributed by atoms with E-state index < -0.39 is 10.0 Å². The summed E-state index contributed by atoms with van der Waals surface area (Å²) in [5, 5.41) is 0.453. The minimum atomic E-state index is -3.79. The first kappa shape index (κ1) is 20.4. The van der Waals surface area contributed by atoms with Crippen molar-refractivity contribution in [1.82, 2.24) is 4.90 Å². The molecule has 2 heterocycles. The minimum Gasteiger partial charge on any atom is -0.378 e. The summed E-state index contributed by atoms with van der Waals surface area (Å²) in [5.74, 6) is -0.0913. The van der Waals surface area contributed by atoms with E-state index in [1.807, 2.05) is 19.1 Å². The molecule has 1 saturated heterocycles. The van der Waals surface area contributed by atoms with Crippen molar-refractivity contribution in [3.05, 3.63) is 45.3 Å². The highest BCUT2D eigenvalue weighted by Gasteiger charge is 2.31. The largest absolute Gasteiger partial charge is 0.378 e. The molecular weight excluding hydrogens is 408 g/mol. The van der Waals surface area contributed by atoms with E-state index in [0.29, 0.717) is 42.4 Å². The summed E-state index contributed by atoms with van der Waals surface area (Å²) in [5.41, 5.74) is 3.13. The zero-order chi connectivity index (χ0) is 20.6. The Hall–Kier alpha value is -1.90. The first-order valence-corrected chi connectivity index (χ1v) is 12.3. The van der Waals surface area contributed by atoms with E-state index in [9.17, 15) is 13.2 Å². The lowest BCUT2D eigenvalue weighted by Gasteiger charge is -2.27. The van der Waals surface area contributed by atoms with Crippen molar-refractivity contribution in [3.8, 4) is 0 Å². The number of sulfonamides is 1. The van der Waals surface area contributed by atoms with Crippen molar-refractivity contribution in [3.63, 3.8) is 0 Å². The lowest BCUT2D eigenvalue weighted by atomic mass is 9.95. The van der Waals surface area contributed by atoms with Crippen molar-refractivity contribution < 1.29 is 17.9 Å². The summed E-state index contributed by atoms with van der Waals surface area (Å²) in [6.45, 7) is 5.76. The van der Waals surface area contributed by atoms with E-state index in [0.717, 1.165) is 41.7 Å². The van der Waals surface area contributed by atoms with Gasteiger partial charge >= 0.3 is 0 Å². The number of nitrogens with one attached hydrogen (secondary N) is 1. The minimum absolute atomic E-state index is 0.0913. The quantitative estimate of drug-likeness (QED) is 0.799. The summed E-state index contributed by atoms with van der Waals surface area (Å²) in [6, 6.07) is 5.38. The standard InChI is InChI=1S/C21H26N2O4S2/c1-14-7-8-15(2)18(13-14)29(25,26)22-20-19(16-5-3-4-6-17(16)28-20)21(24)23-9-11-27-12-10-23/h7-8,13,22H,3-6,9-12H2,1-2H3. The van der Waals surface area contributed by atoms with Crippen molar-refractivity contribution >= 4 is 32.3 Å². The number of carbonyl (C=O) groups excluding carboxylic acids is 1. The number of fused-ring (bicyclic) bond motifs is 1. The number of nitrogens with zero attached hydrogens (tertiary/aromatic N) is 1. The smallest absolute Gasteiger partial charge is 0.262 e. The van der Waals surface area contributed by atoms with Crippen molar-refractivity contribution in [2.45, 2.75) is 44.4 Å². The van der Waals surface area contributed by atoms with Crippen LogP contribution in [0.1, 0.15) is 44.8 Å². The normalized spacial score (nSPS) is 17.1. The highest BCUT2D eigenvalue weighted by atomic mass is 32.2. The number of hydrogen-bond donors (Lipinski definition) is 1. The van der Waals surface area contributed by atoms with E-state index in [-0.39, 0.29) is 10.8 Å². The van der Waals surface area contributed by atoms with Crippen LogP contribution >= 0.6 is 11.3 Å². The Morgan fingerprint density at radius 3 is 2.62 bits per heavy atom. The van der Waals surface area contributed by atoms with Crippen LogP contribution in [0.2, 0.25) is 0 Å². The Balaban J connectivity index is 1.74. The summed E-state index contributed by atoms with van der Waals surface area (Å²) in [6.07, 6.45) is 3.81. The second kappa shape index (κ2) is 8.08. The number of morpholine rings is 1. The number of anilines is 1. The third kappa shape index (κ3) is 4.06. The first-order valence-electron chi connectivity index (χ1n) is 9.98. The molecule has 2 aromatic rings. The number of hydrogen-bond acceptors (Lipinski definition) is 5. The molecule has 0 radical (unpaired) electrons. The molecule has 0 saturated carbocycles. The van der Waals surface area contributed by atoms with Gasteiger partial charge in [0, 0.05) is 18.0 Å². The fourth-order valence-corrected chi connectivity index (χ4v) is 6.88. The molecule has 1 amide bonds. The lowest BCUT2D eigenvalue weighted by molar-refractivity contribution is 0.0303. The van der Waals surface area contributed by atoms with Crippen LogP contribution in [0.25, 0.3) is 0 Å². The topological polar surface area (TPSA) is 75.7 Å². The summed E-state index contributed by atoms with van der Waals surface area (Å²) in [4.78, 5) is 16.5. The number of thiophene rings is 1. The predicted molar refractivity (Wildman–Crippen MR) is 114 cm³/mol. The number of aryl methyl sites for hydroxylation is 3. The van der Waals surface area contributed by atoms with Gasteiger partial charge in [-0.15, -0.1) is 11.3 Å². The van der Waals surface area contributed by atoms with E-state index in [2.05, 4.69) is 4.72 Å². The number of carbonyl (C=O) groups is 1. The van der Waals surface area contributed by atoms with Crippen LogP contribution in [0.3, 0.4) is 0 Å². The third-order valence-corrected chi connectivity index (χ3v) is 8.37. The molecule has 1 aromatic carbocycles. The molecule has 8 heteroatoms. The molecule has 1 aliphatic heterocycles. The number of ether oxygens (including phenoxy) is 1. The molecule has 0 unspecified atom stereocenters. The second-order valence-electron chi connectivity index (χ2n) is 7.69. The Morgan fingerprint density at radius 1 is 1.14 bits per heavy atom. The molecule has 1 N–H and O–H groups in total. The van der Waals surface area contributed by atoms with Crippen LogP contribution in [-0.4, -0.2) is 45.5 Å². The maximum absolute atomic E-state index is 13.3. The fraction of sp³-hybridized carbons (Fsp3) is 0.476. The molecule has 6 nitrogen and oxygen atoms in total. The van der Waals surface area contributed by atoms with E-state index >= 15 is 0 Å². The maximum atomic E-state index is 13.3. The molecule has 156 valence electrons. The predicted octanol–water partition coefficient (Wildman–Crippen LogP) is 3.52. The Morgan fingerprint density at radius 2 is 1.86 bits per heavy atom. The van der Waals surface area contributed by atoms with Crippen LogP contribution < -0.4 is 4.72 Å². The molecule has 4 rings (SSSR count). The average molecular weight is 435 g/mol. The molecule has 0 atom stereocenters. The van der Waals surface area contributed by atoms with Gasteiger partial charge in [0.1, 0.15) is 5.00 Å². The molecule has 1 aliphatic carbocycles. The Kier molecular flexibility index (Phi) is 5.68. The third-order valence-electron chi connectivity index (χ3n) is 5.54. The first-order chi connectivity index (χ1) is 13.9. The van der Waals surface area contributed by atoms with Crippen LogP contribution in [0, 0.1) is 13.8 Å². The average Bonchev–Trinajstić information content (AvgIpc) is 3.06. The van der Waals surface area contributed by atoms with Gasteiger partial charge in [0.2, 0.25) is 0 Å². The number of rotatable bonds is 4. The van der Waals surface area contributed by atoms with Gasteiger partial charge in [-0.25, -0.2) is 8.42 Å². The van der Waals surface area contributed by atoms with Crippen molar-refractivity contribution in [2.75, 3.05) is 31.0 Å². The Bertz CT molecular complexity index is 1040. The van der Waals surface area contributed by atoms with Crippen molar-refractivity contribution in [2.24, 2.45) is 0 Å². The molecular formula is C21H26N2O4S2. The fourth-order valence-electron chi connectivity index (χ4n) is 3.96. The number of benzene rings is 1. The molecule has 0 bridgehead atoms. The summed E-state index contributed by atoms with van der Waals surface area (Å²) in [7, 11) is -3.79. The number of amides is 1. The van der Waals surface area contributed by atoms with Crippen LogP contribution in [0.5, 0.6) is 0 Å². The van der Waals surface area contributed by atoms with Gasteiger partial charge < -0.3 is 9.64 Å². The maximum Gasteiger partial charge on any atom is 0.262 e. The zero-order valence-electron chi connectivity index (χ0n) is 16.8. The lowest BCUT2D eigenvalue weighted by Crippen LogP contribution is -2.41. The van der Waals surface area contributed by atoms with Gasteiger partial charge in [0.15, 0.2) is 0 Å². The SMILES string of the molecule is Cc1ccc(C)c(S(=O)(=O)Nc2sc3c(c2C(=O)N2CCOCC2)CCCC3)c1. The van der Waals surface area contributed by atoms with Crippen LogP contribution in [0.4, 0.5) is 5.00 Å². The molecule has 1 aromatic heterocycles. The van der Waals surface area contributed by atoms with Gasteiger partial charge in [-0.2, -0.15) is 0 Å². The highest BCUT2D eigenvalue weighted by Crippen LogP contribution is 2.40. The van der Waals surface area contributed by atoms with Crippen LogP contribution in [-0.2, 0) is 27.6 Å². The second-order valence-corrected chi connectivity index (χ2v) is 10.5. The molecule has 0 spiro atoms. The monoisotopic (exact) mass is 434 g/mol. The van der Waals surface area contributed by atoms with Gasteiger partial charge in [0.05, 0.1) is 23.7 Å². The van der Waals surface area contributed by atoms with E-state index in [4.69, 9.17) is 4.74 Å². The van der Waals surface area contributed by atoms with Gasteiger partial charge in [0.25, 0.3) is 15.9 Å². The van der Waals surface area contributed by atoms with E-state index in [1.165, 1.54) is 11.3 Å². The molecule has 2 aliphatic rings.